The van der Waals surface area contributed by atoms with Crippen LogP contribution in [0, 0.1) is 0 Å². The van der Waals surface area contributed by atoms with Crippen molar-refractivity contribution in [2.24, 2.45) is 5.73 Å². The van der Waals surface area contributed by atoms with Gasteiger partial charge in [-0.3, -0.25) is 4.79 Å². The van der Waals surface area contributed by atoms with Crippen LogP contribution in [0.1, 0.15) is 6.42 Å². The van der Waals surface area contributed by atoms with E-state index in [0.717, 1.165) is 5.70 Å². The standard InChI is InChI=1S/C12H13ClN2O2/c13-8-1-3-11(4-2-8)17-7-12(16)15-10-5-9(14)6-10/h1-5,9H,6-7,14H2,(H,15,16). The monoisotopic (exact) mass is 252 g/mol. The van der Waals surface area contributed by atoms with Crippen molar-refractivity contribution in [2.45, 2.75) is 12.5 Å². The zero-order chi connectivity index (χ0) is 12.3. The van der Waals surface area contributed by atoms with E-state index in [1.54, 1.807) is 24.3 Å². The Balaban J connectivity index is 1.76. The maximum atomic E-state index is 11.4. The van der Waals surface area contributed by atoms with Gasteiger partial charge in [-0.15, -0.1) is 0 Å². The zero-order valence-corrected chi connectivity index (χ0v) is 9.91. The van der Waals surface area contributed by atoms with Gasteiger partial charge in [-0.1, -0.05) is 11.6 Å². The van der Waals surface area contributed by atoms with E-state index in [4.69, 9.17) is 22.1 Å². The van der Waals surface area contributed by atoms with Crippen LogP contribution in [0.3, 0.4) is 0 Å². The fourth-order valence-corrected chi connectivity index (χ4v) is 1.59. The average molecular weight is 253 g/mol. The van der Waals surface area contributed by atoms with Gasteiger partial charge < -0.3 is 15.8 Å². The summed E-state index contributed by atoms with van der Waals surface area (Å²) in [5.41, 5.74) is 6.42. The van der Waals surface area contributed by atoms with Crippen molar-refractivity contribution in [3.05, 3.63) is 41.1 Å². The van der Waals surface area contributed by atoms with E-state index in [2.05, 4.69) is 5.32 Å². The summed E-state index contributed by atoms with van der Waals surface area (Å²) in [6.07, 6.45) is 2.53. The second-order valence-corrected chi connectivity index (χ2v) is 4.29. The van der Waals surface area contributed by atoms with Crippen LogP contribution in [-0.2, 0) is 4.79 Å². The minimum Gasteiger partial charge on any atom is -0.484 e. The second-order valence-electron chi connectivity index (χ2n) is 3.85. The number of hydrogen-bond donors (Lipinski definition) is 2. The molecule has 1 aliphatic rings. The van der Waals surface area contributed by atoms with Gasteiger partial charge in [0.15, 0.2) is 6.61 Å². The molecular weight excluding hydrogens is 240 g/mol. The van der Waals surface area contributed by atoms with Crippen molar-refractivity contribution < 1.29 is 9.53 Å². The van der Waals surface area contributed by atoms with E-state index in [1.807, 2.05) is 6.08 Å². The van der Waals surface area contributed by atoms with Gasteiger partial charge in [-0.25, -0.2) is 0 Å². The molecule has 0 aromatic heterocycles. The van der Waals surface area contributed by atoms with Gasteiger partial charge in [-0.2, -0.15) is 0 Å². The Morgan fingerprint density at radius 2 is 2.12 bits per heavy atom. The molecule has 0 bridgehead atoms. The SMILES string of the molecule is NC1C=C(NC(=O)COc2ccc(Cl)cc2)C1. The number of nitrogens with one attached hydrogen (secondary N) is 1. The summed E-state index contributed by atoms with van der Waals surface area (Å²) in [7, 11) is 0. The molecule has 0 spiro atoms. The van der Waals surface area contributed by atoms with Crippen LogP contribution in [0.4, 0.5) is 0 Å². The topological polar surface area (TPSA) is 64.3 Å². The van der Waals surface area contributed by atoms with Gasteiger partial charge in [0.1, 0.15) is 5.75 Å². The quantitative estimate of drug-likeness (QED) is 0.853. The highest BCUT2D eigenvalue weighted by molar-refractivity contribution is 6.30. The maximum Gasteiger partial charge on any atom is 0.262 e. The number of benzene rings is 1. The Labute approximate surface area is 104 Å². The molecule has 90 valence electrons. The van der Waals surface area contributed by atoms with Gasteiger partial charge in [0, 0.05) is 23.2 Å². The highest BCUT2D eigenvalue weighted by atomic mass is 35.5. The molecule has 0 aliphatic heterocycles. The van der Waals surface area contributed by atoms with Crippen molar-refractivity contribution in [3.63, 3.8) is 0 Å². The van der Waals surface area contributed by atoms with E-state index >= 15 is 0 Å². The number of hydrogen-bond acceptors (Lipinski definition) is 3. The summed E-state index contributed by atoms with van der Waals surface area (Å²) in [4.78, 5) is 11.4. The number of carbonyl (C=O) groups excluding carboxylic acids is 1. The van der Waals surface area contributed by atoms with E-state index in [-0.39, 0.29) is 18.6 Å². The van der Waals surface area contributed by atoms with Crippen molar-refractivity contribution in [3.8, 4) is 5.75 Å². The normalized spacial score (nSPS) is 18.0. The van der Waals surface area contributed by atoms with E-state index < -0.39 is 0 Å². The number of halogens is 1. The Bertz CT molecular complexity index is 442. The summed E-state index contributed by atoms with van der Waals surface area (Å²) in [5, 5.41) is 3.35. The third-order valence-corrected chi connectivity index (χ3v) is 2.61. The van der Waals surface area contributed by atoms with E-state index in [1.165, 1.54) is 0 Å². The smallest absolute Gasteiger partial charge is 0.262 e. The van der Waals surface area contributed by atoms with Gasteiger partial charge in [0.25, 0.3) is 5.91 Å². The van der Waals surface area contributed by atoms with E-state index in [0.29, 0.717) is 17.2 Å². The molecular formula is C12H13ClN2O2. The highest BCUT2D eigenvalue weighted by Crippen LogP contribution is 2.16. The molecule has 0 fully saturated rings. The average Bonchev–Trinajstić information content (AvgIpc) is 2.26. The first-order chi connectivity index (χ1) is 8.13. The molecule has 3 N–H and O–H groups in total. The number of nitrogens with two attached hydrogens (primary N) is 1. The number of amides is 1. The maximum absolute atomic E-state index is 11.4. The minimum atomic E-state index is -0.182. The molecule has 1 aromatic rings. The van der Waals surface area contributed by atoms with Crippen LogP contribution in [0.2, 0.25) is 5.02 Å². The molecule has 2 rings (SSSR count). The first-order valence-electron chi connectivity index (χ1n) is 5.28. The fraction of sp³-hybridized carbons (Fsp3) is 0.250. The van der Waals surface area contributed by atoms with E-state index in [9.17, 15) is 4.79 Å². The predicted molar refractivity (Wildman–Crippen MR) is 65.8 cm³/mol. The minimum absolute atomic E-state index is 0.0196. The molecule has 4 nitrogen and oxygen atoms in total. The Morgan fingerprint density at radius 1 is 1.47 bits per heavy atom. The fourth-order valence-electron chi connectivity index (χ4n) is 1.47. The molecule has 1 atom stereocenters. The number of ether oxygens (including phenoxy) is 1. The molecule has 1 unspecified atom stereocenters. The molecule has 0 saturated carbocycles. The van der Waals surface area contributed by atoms with Crippen LogP contribution in [0.5, 0.6) is 5.75 Å². The molecule has 1 amide bonds. The Kier molecular flexibility index (Phi) is 3.66. The highest BCUT2D eigenvalue weighted by Gasteiger charge is 2.16. The molecule has 1 aliphatic carbocycles. The lowest BCUT2D eigenvalue weighted by atomic mass is 10.0. The lowest BCUT2D eigenvalue weighted by Gasteiger charge is -2.21. The van der Waals surface area contributed by atoms with Crippen LogP contribution in [0.15, 0.2) is 36.0 Å². The van der Waals surface area contributed by atoms with Crippen LogP contribution in [0.25, 0.3) is 0 Å². The Hall–Kier alpha value is -1.52. The third kappa shape index (κ3) is 3.47. The Morgan fingerprint density at radius 3 is 2.71 bits per heavy atom. The number of carbonyl (C=O) groups is 1. The zero-order valence-electron chi connectivity index (χ0n) is 9.15. The molecule has 0 heterocycles. The summed E-state index contributed by atoms with van der Waals surface area (Å²) in [6.45, 7) is -0.0196. The van der Waals surface area contributed by atoms with Crippen molar-refractivity contribution >= 4 is 17.5 Å². The predicted octanol–water partition coefficient (Wildman–Crippen LogP) is 1.45. The molecule has 0 saturated heterocycles. The molecule has 1 aromatic carbocycles. The van der Waals surface area contributed by atoms with Crippen molar-refractivity contribution in [1.82, 2.24) is 5.32 Å². The lowest BCUT2D eigenvalue weighted by Crippen LogP contribution is -2.37. The van der Waals surface area contributed by atoms with Crippen LogP contribution >= 0.6 is 11.6 Å². The van der Waals surface area contributed by atoms with Gasteiger partial charge in [-0.05, 0) is 30.3 Å². The van der Waals surface area contributed by atoms with Crippen LogP contribution in [-0.4, -0.2) is 18.6 Å². The van der Waals surface area contributed by atoms with Gasteiger partial charge >= 0.3 is 0 Å². The summed E-state index contributed by atoms with van der Waals surface area (Å²) < 4.78 is 5.29. The van der Waals surface area contributed by atoms with Crippen LogP contribution < -0.4 is 15.8 Å². The lowest BCUT2D eigenvalue weighted by molar-refractivity contribution is -0.122. The molecule has 5 heteroatoms. The van der Waals surface area contributed by atoms with Gasteiger partial charge in [0.05, 0.1) is 0 Å². The summed E-state index contributed by atoms with van der Waals surface area (Å²) >= 11 is 5.73. The first kappa shape index (κ1) is 12.0. The number of rotatable bonds is 4. The molecule has 0 radical (unpaired) electrons. The van der Waals surface area contributed by atoms with Crippen molar-refractivity contribution in [2.75, 3.05) is 6.61 Å². The molecule has 17 heavy (non-hydrogen) atoms. The van der Waals surface area contributed by atoms with Crippen molar-refractivity contribution in [1.29, 1.82) is 0 Å². The largest absolute Gasteiger partial charge is 0.484 e. The van der Waals surface area contributed by atoms with Gasteiger partial charge in [0.2, 0.25) is 0 Å². The summed E-state index contributed by atoms with van der Waals surface area (Å²) in [6, 6.07) is 6.93. The second kappa shape index (κ2) is 5.21. The first-order valence-corrected chi connectivity index (χ1v) is 5.66. The third-order valence-electron chi connectivity index (χ3n) is 2.35. The summed E-state index contributed by atoms with van der Waals surface area (Å²) in [5.74, 6) is 0.432.